The second-order valence-corrected chi connectivity index (χ2v) is 23.8. The third-order valence-corrected chi connectivity index (χ3v) is 26.0. The Hall–Kier alpha value is 1.13. The monoisotopic (exact) mass is 506 g/mol. The van der Waals surface area contributed by atoms with Crippen LogP contribution in [0.3, 0.4) is 0 Å². The van der Waals surface area contributed by atoms with Crippen molar-refractivity contribution in [1.82, 2.24) is 6.74 Å². The molecular weight excluding hydrogens is 454 g/mol. The topological polar surface area (TPSA) is 6.48 Å². The van der Waals surface area contributed by atoms with Gasteiger partial charge in [0.25, 0.3) is 0 Å². The zero-order valence-electron chi connectivity index (χ0n) is 20.4. The number of hydrogen-bond donors (Lipinski definition) is 0. The molecule has 0 heterocycles. The summed E-state index contributed by atoms with van der Waals surface area (Å²) in [5.41, 5.74) is 0.259. The summed E-state index contributed by atoms with van der Waals surface area (Å²) in [6.07, 6.45) is 10.9. The Bertz CT molecular complexity index is 337. The predicted octanol–water partition coefficient (Wildman–Crippen LogP) is 8.35. The van der Waals surface area contributed by atoms with Crippen LogP contribution < -0.4 is 0 Å². The molecule has 0 aromatic carbocycles. The van der Waals surface area contributed by atoms with Gasteiger partial charge < -0.3 is 0 Å². The van der Waals surface area contributed by atoms with Crippen molar-refractivity contribution in [2.45, 2.75) is 132 Å². The van der Waals surface area contributed by atoms with E-state index < -0.39 is 18.7 Å². The summed E-state index contributed by atoms with van der Waals surface area (Å²) in [5.74, 6) is 0. The van der Waals surface area contributed by atoms with Gasteiger partial charge >= 0.3 is 183 Å². The summed E-state index contributed by atoms with van der Waals surface area (Å²) in [4.78, 5) is 0. The van der Waals surface area contributed by atoms with Crippen molar-refractivity contribution in [3.8, 4) is 0 Å². The molecule has 162 valence electrons. The van der Waals surface area contributed by atoms with Gasteiger partial charge in [-0.3, -0.25) is 0 Å². The molecule has 0 atom stereocenters. The second kappa shape index (κ2) is 15.0. The van der Waals surface area contributed by atoms with E-state index in [-0.39, 0.29) is 5.54 Å². The molecule has 5 heteroatoms. The zero-order chi connectivity index (χ0) is 20.9. The van der Waals surface area contributed by atoms with Gasteiger partial charge in [0.1, 0.15) is 0 Å². The standard InChI is InChI=1S/C10H24BN2S.3C4H9.Sn/c1-7-11(8-2)13(9-3)14-12-10(4,5)6;3*1-3-4-2;/h7-9H2,1-6H3;3*1,3-4H2,2H3;/q-1;;;;+1. The van der Waals surface area contributed by atoms with Crippen LogP contribution in [0.15, 0.2) is 0 Å². The minimum absolute atomic E-state index is 0.259. The van der Waals surface area contributed by atoms with Crippen LogP contribution in [0.4, 0.5) is 0 Å². The summed E-state index contributed by atoms with van der Waals surface area (Å²) in [5, 5.41) is 0. The number of hydrogen-bond acceptors (Lipinski definition) is 3. The predicted molar refractivity (Wildman–Crippen MR) is 133 cm³/mol. The van der Waals surface area contributed by atoms with E-state index in [1.165, 1.54) is 51.2 Å². The number of rotatable bonds is 16. The van der Waals surface area contributed by atoms with E-state index in [1.54, 1.807) is 13.3 Å². The molecule has 0 bridgehead atoms. The zero-order valence-corrected chi connectivity index (χ0v) is 24.0. The average molecular weight is 505 g/mol. The van der Waals surface area contributed by atoms with Gasteiger partial charge in [-0.05, 0) is 0 Å². The molecule has 0 aliphatic carbocycles. The maximum absolute atomic E-state index is 3.06. The molecule has 0 rings (SSSR count). The molecule has 2 nitrogen and oxygen atoms in total. The van der Waals surface area contributed by atoms with Gasteiger partial charge in [0, 0.05) is 0 Å². The number of nitrogens with zero attached hydrogens (tertiary/aromatic N) is 2. The fraction of sp³-hybridized carbons (Fsp3) is 1.00. The molecule has 0 aliphatic rings. The van der Waals surface area contributed by atoms with Crippen molar-refractivity contribution in [3.05, 3.63) is 0 Å². The van der Waals surface area contributed by atoms with Gasteiger partial charge in [-0.2, -0.15) is 0 Å². The van der Waals surface area contributed by atoms with Crippen molar-refractivity contribution in [3.63, 3.8) is 0 Å². The minimum atomic E-state index is -2.46. The third kappa shape index (κ3) is 9.66. The molecule has 0 saturated heterocycles. The van der Waals surface area contributed by atoms with Gasteiger partial charge in [-0.25, -0.2) is 0 Å². The fourth-order valence-corrected chi connectivity index (χ4v) is 26.3. The van der Waals surface area contributed by atoms with E-state index in [1.807, 2.05) is 0 Å². The summed E-state index contributed by atoms with van der Waals surface area (Å²) in [7, 11) is 0. The quantitative estimate of drug-likeness (QED) is 0.154. The van der Waals surface area contributed by atoms with Crippen LogP contribution in [0, 0.1) is 0 Å². The first-order chi connectivity index (χ1) is 12.8. The van der Waals surface area contributed by atoms with E-state index in [4.69, 9.17) is 0 Å². The van der Waals surface area contributed by atoms with Gasteiger partial charge in [-0.15, -0.1) is 0 Å². The molecule has 0 saturated carbocycles. The third-order valence-electron chi connectivity index (χ3n) is 5.88. The number of unbranched alkanes of at least 4 members (excludes halogenated alkanes) is 3. The van der Waals surface area contributed by atoms with E-state index in [0.717, 1.165) is 6.54 Å². The summed E-state index contributed by atoms with van der Waals surface area (Å²) < 4.78 is 10.4. The Labute approximate surface area is 182 Å². The second-order valence-electron chi connectivity index (χ2n) is 9.29. The Morgan fingerprint density at radius 1 is 0.741 bits per heavy atom. The van der Waals surface area contributed by atoms with Crippen LogP contribution in [0.2, 0.25) is 26.0 Å². The fourth-order valence-electron chi connectivity index (χ4n) is 4.30. The summed E-state index contributed by atoms with van der Waals surface area (Å²) in [6.45, 7) is 23.5. The van der Waals surface area contributed by atoms with Crippen LogP contribution >= 0.6 is 12.1 Å². The first kappa shape index (κ1) is 28.1. The van der Waals surface area contributed by atoms with Crippen molar-refractivity contribution in [1.29, 1.82) is 0 Å². The SMILES string of the molecule is CCC[CH2][Sn]([CH2]CCC)([CH2]CCC)[N](SN(CC)B(CC)CC)C(C)(C)C. The molecule has 0 aromatic heterocycles. The Morgan fingerprint density at radius 3 is 1.41 bits per heavy atom. The molecule has 0 aliphatic heterocycles. The van der Waals surface area contributed by atoms with Crippen molar-refractivity contribution in [2.24, 2.45) is 0 Å². The Morgan fingerprint density at radius 2 is 1.15 bits per heavy atom. The van der Waals surface area contributed by atoms with Gasteiger partial charge in [0.2, 0.25) is 0 Å². The molecule has 0 spiro atoms. The summed E-state index contributed by atoms with van der Waals surface area (Å²) in [6, 6.07) is 0. The van der Waals surface area contributed by atoms with Crippen LogP contribution in [0.5, 0.6) is 0 Å². The van der Waals surface area contributed by atoms with Crippen molar-refractivity contribution < 1.29 is 0 Å². The normalized spacial score (nSPS) is 13.0. The molecule has 0 amide bonds. The molecule has 0 unspecified atom stereocenters. The van der Waals surface area contributed by atoms with E-state index in [2.05, 4.69) is 81.2 Å². The van der Waals surface area contributed by atoms with Gasteiger partial charge in [0.15, 0.2) is 0 Å². The Kier molecular flexibility index (Phi) is 15.6. The van der Waals surface area contributed by atoms with E-state index in [9.17, 15) is 0 Å². The van der Waals surface area contributed by atoms with Crippen molar-refractivity contribution in [2.75, 3.05) is 6.54 Å². The van der Waals surface area contributed by atoms with Crippen LogP contribution in [0.25, 0.3) is 0 Å². The molecule has 0 aromatic rings. The maximum atomic E-state index is 3.06. The summed E-state index contributed by atoms with van der Waals surface area (Å²) >= 11 is -0.290. The molecule has 27 heavy (non-hydrogen) atoms. The average Bonchev–Trinajstić information content (AvgIpc) is 2.64. The van der Waals surface area contributed by atoms with Crippen LogP contribution in [-0.2, 0) is 0 Å². The van der Waals surface area contributed by atoms with Gasteiger partial charge in [-0.1, -0.05) is 0 Å². The molecule has 0 N–H and O–H groups in total. The van der Waals surface area contributed by atoms with E-state index in [0.29, 0.717) is 6.85 Å². The first-order valence-electron chi connectivity index (χ1n) is 12.0. The van der Waals surface area contributed by atoms with Gasteiger partial charge in [0.05, 0.1) is 0 Å². The molecular formula is C22H51BN2SSn. The molecule has 0 fully saturated rings. The van der Waals surface area contributed by atoms with E-state index >= 15 is 0 Å². The van der Waals surface area contributed by atoms with Crippen LogP contribution in [-0.4, -0.2) is 44.3 Å². The van der Waals surface area contributed by atoms with Crippen molar-refractivity contribution >= 4 is 37.6 Å². The molecule has 0 radical (unpaired) electrons. The first-order valence-corrected chi connectivity index (χ1v) is 20.1. The Balaban J connectivity index is 5.93. The van der Waals surface area contributed by atoms with Crippen LogP contribution in [0.1, 0.15) is 101 Å².